The number of carbonyl (C=O) groups excluding carboxylic acids is 1. The minimum absolute atomic E-state index is 0.117. The highest BCUT2D eigenvalue weighted by Crippen LogP contribution is 2.40. The number of benzene rings is 1. The average molecular weight is 559 g/mol. The zero-order chi connectivity index (χ0) is 27.2. The van der Waals surface area contributed by atoms with Crippen molar-refractivity contribution in [3.05, 3.63) is 53.4 Å². The van der Waals surface area contributed by atoms with Crippen LogP contribution in [0.4, 0.5) is 0 Å². The van der Waals surface area contributed by atoms with Gasteiger partial charge < -0.3 is 19.5 Å². The van der Waals surface area contributed by atoms with E-state index in [0.717, 1.165) is 69.7 Å². The Morgan fingerprint density at radius 3 is 2.59 bits per heavy atom. The molecule has 1 aliphatic carbocycles. The second-order valence-electron chi connectivity index (χ2n) is 11.4. The Bertz CT molecular complexity index is 1180. The number of methoxy groups -OCH3 is 1. The van der Waals surface area contributed by atoms with E-state index < -0.39 is 10.0 Å². The normalized spacial score (nSPS) is 23.6. The number of piperidine rings is 2. The van der Waals surface area contributed by atoms with Gasteiger partial charge >= 0.3 is 0 Å². The zero-order valence-corrected chi connectivity index (χ0v) is 23.8. The first kappa shape index (κ1) is 28.3. The van der Waals surface area contributed by atoms with Crippen molar-refractivity contribution in [2.24, 2.45) is 5.92 Å². The molecule has 1 aromatic carbocycles. The van der Waals surface area contributed by atoms with Gasteiger partial charge in [-0.3, -0.25) is 4.79 Å². The predicted molar refractivity (Wildman–Crippen MR) is 149 cm³/mol. The van der Waals surface area contributed by atoms with Crippen LogP contribution in [0.25, 0.3) is 0 Å². The fraction of sp³-hybridized carbons (Fsp3) is 0.655. The maximum Gasteiger partial charge on any atom is 0.273 e. The quantitative estimate of drug-likeness (QED) is 0.398. The smallest absolute Gasteiger partial charge is 0.273 e. The highest BCUT2D eigenvalue weighted by Gasteiger charge is 2.38. The zero-order valence-electron chi connectivity index (χ0n) is 23.0. The topological polar surface area (TPSA) is 105 Å². The molecule has 0 radical (unpaired) electrons. The van der Waals surface area contributed by atoms with Gasteiger partial charge in [0.15, 0.2) is 5.69 Å². The van der Waals surface area contributed by atoms with Gasteiger partial charge in [0.25, 0.3) is 5.91 Å². The van der Waals surface area contributed by atoms with Gasteiger partial charge in [-0.05, 0) is 75.9 Å². The molecule has 1 amide bonds. The van der Waals surface area contributed by atoms with Crippen LogP contribution >= 0.6 is 0 Å². The van der Waals surface area contributed by atoms with Crippen LogP contribution in [0.3, 0.4) is 0 Å². The highest BCUT2D eigenvalue weighted by molar-refractivity contribution is 7.89. The van der Waals surface area contributed by atoms with Crippen LogP contribution in [0.15, 0.2) is 40.9 Å². The maximum atomic E-state index is 13.8. The van der Waals surface area contributed by atoms with Crippen molar-refractivity contribution in [3.8, 4) is 0 Å². The number of nitrogens with zero attached hydrogens (tertiary/aromatic N) is 3. The van der Waals surface area contributed by atoms with Gasteiger partial charge in [-0.2, -0.15) is 4.31 Å². The number of aromatic nitrogens is 1. The molecule has 0 unspecified atom stereocenters. The molecule has 2 saturated heterocycles. The lowest BCUT2D eigenvalue weighted by molar-refractivity contribution is 0.0902. The van der Waals surface area contributed by atoms with Gasteiger partial charge in [0, 0.05) is 50.9 Å². The lowest BCUT2D eigenvalue weighted by Crippen LogP contribution is -2.53. The summed E-state index contributed by atoms with van der Waals surface area (Å²) >= 11 is 0. The Hall–Kier alpha value is -2.27. The first-order valence-electron chi connectivity index (χ1n) is 14.4. The van der Waals surface area contributed by atoms with Crippen LogP contribution in [0.5, 0.6) is 0 Å². The fourth-order valence-electron chi connectivity index (χ4n) is 6.02. The molecule has 10 heteroatoms. The van der Waals surface area contributed by atoms with Gasteiger partial charge in [0.05, 0.1) is 5.75 Å². The van der Waals surface area contributed by atoms with Crippen LogP contribution < -0.4 is 5.32 Å². The second kappa shape index (κ2) is 12.9. The van der Waals surface area contributed by atoms with Crippen molar-refractivity contribution in [2.75, 3.05) is 45.6 Å². The minimum atomic E-state index is -3.44. The van der Waals surface area contributed by atoms with E-state index in [0.29, 0.717) is 37.4 Å². The van der Waals surface area contributed by atoms with Gasteiger partial charge in [0.2, 0.25) is 10.0 Å². The van der Waals surface area contributed by atoms with Crippen LogP contribution in [0.2, 0.25) is 0 Å². The third-order valence-electron chi connectivity index (χ3n) is 8.39. The van der Waals surface area contributed by atoms with Crippen molar-refractivity contribution in [1.29, 1.82) is 0 Å². The molecule has 214 valence electrons. The third-order valence-corrected chi connectivity index (χ3v) is 10.5. The van der Waals surface area contributed by atoms with E-state index in [9.17, 15) is 13.2 Å². The average Bonchev–Trinajstić information content (AvgIpc) is 3.66. The number of hydrogen-bond acceptors (Lipinski definition) is 7. The molecule has 1 N–H and O–H groups in total. The minimum Gasteiger partial charge on any atom is -0.385 e. The number of amides is 1. The molecule has 39 heavy (non-hydrogen) atoms. The summed E-state index contributed by atoms with van der Waals surface area (Å²) in [5, 5.41) is 7.08. The van der Waals surface area contributed by atoms with E-state index >= 15 is 0 Å². The third kappa shape index (κ3) is 7.68. The molecule has 0 spiro atoms. The summed E-state index contributed by atoms with van der Waals surface area (Å²) in [6, 6.07) is 11.5. The molecule has 0 bridgehead atoms. The first-order chi connectivity index (χ1) is 18.9. The number of sulfonamides is 1. The molecule has 1 saturated carbocycles. The van der Waals surface area contributed by atoms with Crippen LogP contribution in [-0.2, 0) is 21.2 Å². The largest absolute Gasteiger partial charge is 0.385 e. The van der Waals surface area contributed by atoms with E-state index in [1.54, 1.807) is 17.5 Å². The second-order valence-corrected chi connectivity index (χ2v) is 13.4. The van der Waals surface area contributed by atoms with Crippen molar-refractivity contribution < 1.29 is 22.5 Å². The van der Waals surface area contributed by atoms with Gasteiger partial charge in [-0.1, -0.05) is 35.5 Å². The molecule has 2 aromatic rings. The molecule has 5 rings (SSSR count). The first-order valence-corrected chi connectivity index (χ1v) is 16.0. The lowest BCUT2D eigenvalue weighted by Gasteiger charge is -2.40. The fourth-order valence-corrected chi connectivity index (χ4v) is 8.14. The summed E-state index contributed by atoms with van der Waals surface area (Å²) in [6.07, 6.45) is 6.76. The van der Waals surface area contributed by atoms with Crippen molar-refractivity contribution in [1.82, 2.24) is 19.7 Å². The number of carbonyl (C=O) groups is 1. The Balaban J connectivity index is 1.21. The van der Waals surface area contributed by atoms with Crippen molar-refractivity contribution >= 4 is 15.9 Å². The SMILES string of the molecule is COCCCN1CCC(CS(=O)(=O)N2CC[C@H](NC(=O)c3cc(C4CC4)on3)C[C@@H]2Cc2ccccc2)CC1. The summed E-state index contributed by atoms with van der Waals surface area (Å²) in [7, 11) is -1.72. The molecule has 2 aliphatic heterocycles. The molecular formula is C29H42N4O5S. The van der Waals surface area contributed by atoms with E-state index in [-0.39, 0.29) is 29.7 Å². The van der Waals surface area contributed by atoms with E-state index in [1.165, 1.54) is 0 Å². The maximum absolute atomic E-state index is 13.8. The van der Waals surface area contributed by atoms with Crippen molar-refractivity contribution in [2.45, 2.75) is 69.4 Å². The number of hydrogen-bond donors (Lipinski definition) is 1. The molecule has 1 aromatic heterocycles. The number of rotatable bonds is 12. The monoisotopic (exact) mass is 558 g/mol. The molecule has 3 heterocycles. The Morgan fingerprint density at radius 1 is 1.10 bits per heavy atom. The Kier molecular flexibility index (Phi) is 9.37. The van der Waals surface area contributed by atoms with Gasteiger partial charge in [-0.25, -0.2) is 8.42 Å². The molecule has 9 nitrogen and oxygen atoms in total. The van der Waals surface area contributed by atoms with E-state index in [1.807, 2.05) is 30.3 Å². The Morgan fingerprint density at radius 2 is 1.87 bits per heavy atom. The Labute approximate surface area is 232 Å². The summed E-state index contributed by atoms with van der Waals surface area (Å²) in [5.41, 5.74) is 1.41. The van der Waals surface area contributed by atoms with Crippen LogP contribution in [-0.4, -0.2) is 86.4 Å². The summed E-state index contributed by atoms with van der Waals surface area (Å²) in [4.78, 5) is 15.3. The van der Waals surface area contributed by atoms with Crippen molar-refractivity contribution in [3.63, 3.8) is 0 Å². The molecule has 2 atom stereocenters. The molecular weight excluding hydrogens is 516 g/mol. The number of nitrogens with one attached hydrogen (secondary N) is 1. The number of likely N-dealkylation sites (tertiary alicyclic amines) is 1. The summed E-state index contributed by atoms with van der Waals surface area (Å²) in [6.45, 7) is 4.05. The standard InChI is InChI=1S/C29H42N4O5S/c1-37-17-5-13-32-14-10-23(11-15-32)21-39(35,36)33-16-12-25(19-26(33)18-22-6-3-2-4-7-22)30-29(34)27-20-28(38-31-27)24-8-9-24/h2-4,6-7,20,23-26H,5,8-19,21H2,1H3,(H,30,34)/t25-,26-/m0/s1. The van der Waals surface area contributed by atoms with Gasteiger partial charge in [0.1, 0.15) is 5.76 Å². The van der Waals surface area contributed by atoms with E-state index in [2.05, 4.69) is 15.4 Å². The molecule has 3 aliphatic rings. The van der Waals surface area contributed by atoms with Crippen LogP contribution in [0.1, 0.15) is 72.7 Å². The predicted octanol–water partition coefficient (Wildman–Crippen LogP) is 3.44. The lowest BCUT2D eigenvalue weighted by atomic mass is 9.94. The number of ether oxygens (including phenoxy) is 1. The molecule has 3 fully saturated rings. The van der Waals surface area contributed by atoms with E-state index in [4.69, 9.17) is 9.26 Å². The van der Waals surface area contributed by atoms with Gasteiger partial charge in [-0.15, -0.1) is 0 Å². The van der Waals surface area contributed by atoms with Crippen LogP contribution in [0, 0.1) is 5.92 Å². The summed E-state index contributed by atoms with van der Waals surface area (Å²) in [5.74, 6) is 1.30. The summed E-state index contributed by atoms with van der Waals surface area (Å²) < 4.78 is 39.8. The highest BCUT2D eigenvalue weighted by atomic mass is 32.2.